The van der Waals surface area contributed by atoms with Gasteiger partial charge in [0.1, 0.15) is 35.4 Å². The molecule has 0 bridgehead atoms. The van der Waals surface area contributed by atoms with Crippen LogP contribution in [-0.4, -0.2) is 29.7 Å². The highest BCUT2D eigenvalue weighted by Gasteiger charge is 2.21. The van der Waals surface area contributed by atoms with E-state index in [0.29, 0.717) is 27.4 Å². The molecule has 0 aliphatic heterocycles. The Bertz CT molecular complexity index is 1310. The maximum atomic E-state index is 13.3. The molecule has 1 atom stereocenters. The van der Waals surface area contributed by atoms with E-state index < -0.39 is 6.04 Å². The van der Waals surface area contributed by atoms with Crippen molar-refractivity contribution < 1.29 is 0 Å². The molecule has 0 saturated heterocycles. The van der Waals surface area contributed by atoms with Crippen molar-refractivity contribution in [3.05, 3.63) is 63.7 Å². The largest absolute Gasteiger partial charge is 0.382 e. The standard InChI is InChI=1S/C18H14ClN9O/c1-9(26-16-11(5-20)15(21)22-8-23-16)17-27-13-4-2-3-12(19)14(13)18(29)28(17)10-6-24-25-7-10/h2-4,6-9H,1H3,(H,24,25)(H3,21,22,23,26)/t9-/m0/s1. The van der Waals surface area contributed by atoms with Crippen molar-refractivity contribution in [1.82, 2.24) is 29.7 Å². The minimum Gasteiger partial charge on any atom is -0.382 e. The van der Waals surface area contributed by atoms with Gasteiger partial charge in [0, 0.05) is 6.20 Å². The number of anilines is 2. The maximum absolute atomic E-state index is 13.3. The van der Waals surface area contributed by atoms with Crippen LogP contribution >= 0.6 is 11.6 Å². The molecule has 0 aliphatic rings. The second-order valence-corrected chi connectivity index (χ2v) is 6.57. The number of aromatic amines is 1. The summed E-state index contributed by atoms with van der Waals surface area (Å²) < 4.78 is 1.41. The highest BCUT2D eigenvalue weighted by Crippen LogP contribution is 2.25. The first kappa shape index (κ1) is 18.4. The molecule has 144 valence electrons. The van der Waals surface area contributed by atoms with Gasteiger partial charge in [-0.2, -0.15) is 10.4 Å². The lowest BCUT2D eigenvalue weighted by atomic mass is 10.2. The molecule has 0 fully saturated rings. The third kappa shape index (κ3) is 3.13. The van der Waals surface area contributed by atoms with Crippen LogP contribution in [0.15, 0.2) is 41.7 Å². The summed E-state index contributed by atoms with van der Waals surface area (Å²) in [6.07, 6.45) is 4.33. The zero-order valence-electron chi connectivity index (χ0n) is 15.1. The van der Waals surface area contributed by atoms with Gasteiger partial charge in [-0.15, -0.1) is 0 Å². The van der Waals surface area contributed by atoms with Gasteiger partial charge < -0.3 is 11.1 Å². The Morgan fingerprint density at radius 2 is 2.21 bits per heavy atom. The van der Waals surface area contributed by atoms with Crippen molar-refractivity contribution in [3.8, 4) is 11.8 Å². The smallest absolute Gasteiger partial charge is 0.267 e. The second-order valence-electron chi connectivity index (χ2n) is 6.16. The van der Waals surface area contributed by atoms with E-state index in [4.69, 9.17) is 17.3 Å². The fourth-order valence-electron chi connectivity index (χ4n) is 3.00. The van der Waals surface area contributed by atoms with E-state index in [9.17, 15) is 10.1 Å². The van der Waals surface area contributed by atoms with Gasteiger partial charge in [-0.3, -0.25) is 14.5 Å². The number of rotatable bonds is 4. The van der Waals surface area contributed by atoms with E-state index in [1.54, 1.807) is 31.3 Å². The van der Waals surface area contributed by atoms with E-state index in [0.717, 1.165) is 0 Å². The number of hydrogen-bond donors (Lipinski definition) is 3. The summed E-state index contributed by atoms with van der Waals surface area (Å²) in [5.41, 5.74) is 6.48. The number of nitrogens with one attached hydrogen (secondary N) is 2. The Hall–Kier alpha value is -3.97. The number of benzene rings is 1. The molecule has 0 amide bonds. The SMILES string of the molecule is C[C@H](Nc1ncnc(N)c1C#N)c1nc2cccc(Cl)c2c(=O)n1-c1cn[nH]c1. The third-order valence-corrected chi connectivity index (χ3v) is 4.66. The number of fused-ring (bicyclic) bond motifs is 1. The number of nitrogen functional groups attached to an aromatic ring is 1. The molecular weight excluding hydrogens is 394 g/mol. The van der Waals surface area contributed by atoms with Crippen LogP contribution in [0.3, 0.4) is 0 Å². The molecule has 10 nitrogen and oxygen atoms in total. The summed E-state index contributed by atoms with van der Waals surface area (Å²) in [4.78, 5) is 25.8. The molecule has 11 heteroatoms. The van der Waals surface area contributed by atoms with Crippen molar-refractivity contribution in [2.75, 3.05) is 11.1 Å². The average molecular weight is 408 g/mol. The quantitative estimate of drug-likeness (QED) is 0.465. The Labute approximate surface area is 169 Å². The van der Waals surface area contributed by atoms with E-state index >= 15 is 0 Å². The Morgan fingerprint density at radius 3 is 2.93 bits per heavy atom. The second kappa shape index (κ2) is 7.21. The van der Waals surface area contributed by atoms with Gasteiger partial charge in [0.2, 0.25) is 0 Å². The van der Waals surface area contributed by atoms with Crippen LogP contribution in [0.4, 0.5) is 11.6 Å². The molecule has 3 aromatic heterocycles. The first-order valence-electron chi connectivity index (χ1n) is 8.48. The summed E-state index contributed by atoms with van der Waals surface area (Å²) in [6, 6.07) is 6.52. The van der Waals surface area contributed by atoms with Crippen LogP contribution in [0.2, 0.25) is 5.02 Å². The normalized spacial score (nSPS) is 11.9. The van der Waals surface area contributed by atoms with Crippen LogP contribution in [0.5, 0.6) is 0 Å². The molecule has 0 radical (unpaired) electrons. The average Bonchev–Trinajstić information content (AvgIpc) is 3.22. The third-order valence-electron chi connectivity index (χ3n) is 4.34. The molecule has 0 unspecified atom stereocenters. The molecule has 1 aromatic carbocycles. The van der Waals surface area contributed by atoms with E-state index in [1.807, 2.05) is 6.07 Å². The van der Waals surface area contributed by atoms with Gasteiger partial charge >= 0.3 is 0 Å². The molecule has 29 heavy (non-hydrogen) atoms. The molecule has 0 saturated carbocycles. The number of aromatic nitrogens is 6. The van der Waals surface area contributed by atoms with Gasteiger partial charge in [0.05, 0.1) is 33.9 Å². The van der Waals surface area contributed by atoms with Gasteiger partial charge in [-0.05, 0) is 19.1 Å². The lowest BCUT2D eigenvalue weighted by molar-refractivity contribution is 0.730. The predicted molar refractivity (Wildman–Crippen MR) is 108 cm³/mol. The summed E-state index contributed by atoms with van der Waals surface area (Å²) in [7, 11) is 0. The van der Waals surface area contributed by atoms with Gasteiger partial charge in [0.15, 0.2) is 0 Å². The first-order valence-corrected chi connectivity index (χ1v) is 8.86. The Balaban J connectivity index is 1.92. The predicted octanol–water partition coefficient (Wildman–Crippen LogP) is 2.18. The number of nitrogens with zero attached hydrogens (tertiary/aromatic N) is 6. The Morgan fingerprint density at radius 1 is 1.38 bits per heavy atom. The van der Waals surface area contributed by atoms with Gasteiger partial charge in [-0.1, -0.05) is 17.7 Å². The van der Waals surface area contributed by atoms with E-state index in [1.165, 1.54) is 17.1 Å². The highest BCUT2D eigenvalue weighted by atomic mass is 35.5. The molecular formula is C18H14ClN9O. The summed E-state index contributed by atoms with van der Waals surface area (Å²) in [6.45, 7) is 1.79. The number of nitrogens with two attached hydrogens (primary N) is 1. The van der Waals surface area contributed by atoms with Crippen LogP contribution in [0, 0.1) is 11.3 Å². The molecule has 4 rings (SSSR count). The van der Waals surface area contributed by atoms with Crippen LogP contribution in [0.1, 0.15) is 24.4 Å². The summed E-state index contributed by atoms with van der Waals surface area (Å²) in [5.74, 6) is 0.682. The van der Waals surface area contributed by atoms with Crippen molar-refractivity contribution >= 4 is 34.1 Å². The van der Waals surface area contributed by atoms with Crippen LogP contribution in [0.25, 0.3) is 16.6 Å². The van der Waals surface area contributed by atoms with Crippen LogP contribution < -0.4 is 16.6 Å². The fourth-order valence-corrected chi connectivity index (χ4v) is 3.25. The summed E-state index contributed by atoms with van der Waals surface area (Å²) >= 11 is 6.26. The first-order chi connectivity index (χ1) is 14.0. The topological polar surface area (TPSA) is 151 Å². The number of hydrogen-bond acceptors (Lipinski definition) is 8. The van der Waals surface area contributed by atoms with Crippen molar-refractivity contribution in [2.24, 2.45) is 0 Å². The van der Waals surface area contributed by atoms with Crippen molar-refractivity contribution in [3.63, 3.8) is 0 Å². The number of nitriles is 1. The van der Waals surface area contributed by atoms with Gasteiger partial charge in [-0.25, -0.2) is 15.0 Å². The van der Waals surface area contributed by atoms with Crippen molar-refractivity contribution in [2.45, 2.75) is 13.0 Å². The highest BCUT2D eigenvalue weighted by molar-refractivity contribution is 6.35. The van der Waals surface area contributed by atoms with Crippen molar-refractivity contribution in [1.29, 1.82) is 5.26 Å². The van der Waals surface area contributed by atoms with Gasteiger partial charge in [0.25, 0.3) is 5.56 Å². The number of H-pyrrole nitrogens is 1. The van der Waals surface area contributed by atoms with E-state index in [2.05, 4.69) is 30.5 Å². The zero-order valence-corrected chi connectivity index (χ0v) is 15.8. The van der Waals surface area contributed by atoms with E-state index in [-0.39, 0.29) is 22.8 Å². The number of halogens is 1. The summed E-state index contributed by atoms with van der Waals surface area (Å²) in [5, 5.41) is 19.7. The molecule has 0 spiro atoms. The van der Waals surface area contributed by atoms with Crippen LogP contribution in [-0.2, 0) is 0 Å². The fraction of sp³-hybridized carbons (Fsp3) is 0.111. The Kier molecular flexibility index (Phi) is 4.58. The monoisotopic (exact) mass is 407 g/mol. The minimum atomic E-state index is -0.526. The lowest BCUT2D eigenvalue weighted by Crippen LogP contribution is -2.27. The zero-order chi connectivity index (χ0) is 20.5. The molecule has 4 aromatic rings. The lowest BCUT2D eigenvalue weighted by Gasteiger charge is -2.20. The minimum absolute atomic E-state index is 0.0580. The molecule has 4 N–H and O–H groups in total. The molecule has 3 heterocycles. The maximum Gasteiger partial charge on any atom is 0.267 e. The molecule has 0 aliphatic carbocycles.